The van der Waals surface area contributed by atoms with Crippen molar-refractivity contribution in [3.05, 3.63) is 40.8 Å². The van der Waals surface area contributed by atoms with Gasteiger partial charge in [0.2, 0.25) is 5.91 Å². The molecule has 0 aliphatic carbocycles. The van der Waals surface area contributed by atoms with Gasteiger partial charge in [0, 0.05) is 29.4 Å². The predicted molar refractivity (Wildman–Crippen MR) is 103 cm³/mol. The minimum absolute atomic E-state index is 0.0805. The summed E-state index contributed by atoms with van der Waals surface area (Å²) >= 11 is 0. The van der Waals surface area contributed by atoms with Crippen LogP contribution in [0.2, 0.25) is 0 Å². The van der Waals surface area contributed by atoms with Crippen LogP contribution in [0.1, 0.15) is 19.8 Å². The van der Waals surface area contributed by atoms with Crippen molar-refractivity contribution < 1.29 is 4.79 Å². The van der Waals surface area contributed by atoms with Crippen LogP contribution >= 0.6 is 0 Å². The lowest BCUT2D eigenvalue weighted by molar-refractivity contribution is -0.121. The fraction of sp³-hybridized carbons (Fsp3) is 0.421. The fourth-order valence-electron chi connectivity index (χ4n) is 3.01. The Morgan fingerprint density at radius 2 is 2.08 bits per heavy atom. The van der Waals surface area contributed by atoms with Gasteiger partial charge in [-0.1, -0.05) is 31.5 Å². The summed E-state index contributed by atoms with van der Waals surface area (Å²) < 4.78 is 1.20. The van der Waals surface area contributed by atoms with Crippen molar-refractivity contribution in [2.45, 2.75) is 26.3 Å². The molecular weight excluding hydrogens is 330 g/mol. The highest BCUT2D eigenvalue weighted by Crippen LogP contribution is 2.21. The first-order chi connectivity index (χ1) is 12.6. The Balaban J connectivity index is 1.65. The molecule has 3 aromatic rings. The van der Waals surface area contributed by atoms with E-state index < -0.39 is 0 Å². The Morgan fingerprint density at radius 1 is 1.27 bits per heavy atom. The predicted octanol–water partition coefficient (Wildman–Crippen LogP) is 1.73. The summed E-state index contributed by atoms with van der Waals surface area (Å²) in [5.41, 5.74) is 1.08. The van der Waals surface area contributed by atoms with Crippen LogP contribution in [-0.4, -0.2) is 52.3 Å². The summed E-state index contributed by atoms with van der Waals surface area (Å²) in [4.78, 5) is 30.1. The largest absolute Gasteiger partial charge is 0.353 e. The number of aromatic amines is 1. The maximum Gasteiger partial charge on any atom is 0.291 e. The molecule has 1 aromatic carbocycles. The number of fused-ring (bicyclic) bond motifs is 3. The molecule has 2 aromatic heterocycles. The van der Waals surface area contributed by atoms with Crippen LogP contribution < -0.4 is 10.9 Å². The Bertz CT molecular complexity index is 959. The lowest BCUT2D eigenvalue weighted by Crippen LogP contribution is -2.37. The topological polar surface area (TPSA) is 83.0 Å². The zero-order valence-corrected chi connectivity index (χ0v) is 15.3. The minimum Gasteiger partial charge on any atom is -0.353 e. The van der Waals surface area contributed by atoms with Crippen LogP contribution in [0.3, 0.4) is 0 Å². The summed E-state index contributed by atoms with van der Waals surface area (Å²) in [5.74, 6) is -0.209. The summed E-state index contributed by atoms with van der Waals surface area (Å²) in [6.45, 7) is 4.44. The van der Waals surface area contributed by atoms with E-state index in [1.807, 2.05) is 31.3 Å². The van der Waals surface area contributed by atoms with E-state index in [2.05, 4.69) is 27.2 Å². The van der Waals surface area contributed by atoms with Gasteiger partial charge in [-0.05, 0) is 26.1 Å². The van der Waals surface area contributed by atoms with E-state index in [0.29, 0.717) is 12.1 Å². The molecule has 2 N–H and O–H groups in total. The van der Waals surface area contributed by atoms with Crippen LogP contribution in [0, 0.1) is 0 Å². The van der Waals surface area contributed by atoms with Crippen LogP contribution in [0.15, 0.2) is 35.3 Å². The van der Waals surface area contributed by atoms with Gasteiger partial charge in [0.25, 0.3) is 5.56 Å². The normalized spacial score (nSPS) is 11.5. The summed E-state index contributed by atoms with van der Waals surface area (Å²) in [7, 11) is 2.04. The standard InChI is InChI=1S/C19H25N5O2/c1-3-4-10-23(2)11-9-20-17(25)13-24-19(26)18-15(12-21-24)14-7-5-6-8-16(14)22-18/h5-8,12,22H,3-4,9-11,13H2,1-2H3,(H,20,25). The molecule has 0 saturated carbocycles. The van der Waals surface area contributed by atoms with Crippen molar-refractivity contribution in [2.24, 2.45) is 0 Å². The number of nitrogens with zero attached hydrogens (tertiary/aromatic N) is 3. The lowest BCUT2D eigenvalue weighted by Gasteiger charge is -2.16. The number of amides is 1. The van der Waals surface area contributed by atoms with Gasteiger partial charge < -0.3 is 15.2 Å². The van der Waals surface area contributed by atoms with Crippen molar-refractivity contribution in [1.29, 1.82) is 0 Å². The zero-order valence-electron chi connectivity index (χ0n) is 15.3. The molecule has 0 radical (unpaired) electrons. The van der Waals surface area contributed by atoms with Gasteiger partial charge in [-0.3, -0.25) is 9.59 Å². The zero-order chi connectivity index (χ0) is 18.5. The van der Waals surface area contributed by atoms with Crippen molar-refractivity contribution >= 4 is 27.7 Å². The number of carbonyl (C=O) groups is 1. The molecule has 0 aliphatic heterocycles. The second kappa shape index (κ2) is 8.14. The Labute approximate surface area is 152 Å². The molecule has 2 heterocycles. The van der Waals surface area contributed by atoms with Crippen LogP contribution in [0.5, 0.6) is 0 Å². The SMILES string of the molecule is CCCCN(C)CCNC(=O)Cn1ncc2c([nH]c3ccccc32)c1=O. The molecular formula is C19H25N5O2. The summed E-state index contributed by atoms with van der Waals surface area (Å²) in [6, 6.07) is 7.70. The number of aromatic nitrogens is 3. The average Bonchev–Trinajstić information content (AvgIpc) is 3.02. The Kier molecular flexibility index (Phi) is 5.68. The number of hydrogen-bond acceptors (Lipinski definition) is 4. The third-order valence-electron chi connectivity index (χ3n) is 4.52. The first-order valence-corrected chi connectivity index (χ1v) is 9.02. The van der Waals surface area contributed by atoms with E-state index in [9.17, 15) is 9.59 Å². The highest BCUT2D eigenvalue weighted by Gasteiger charge is 2.12. The quantitative estimate of drug-likeness (QED) is 0.645. The Morgan fingerprint density at radius 3 is 2.88 bits per heavy atom. The molecule has 0 unspecified atom stereocenters. The second-order valence-corrected chi connectivity index (χ2v) is 6.57. The smallest absolute Gasteiger partial charge is 0.291 e. The van der Waals surface area contributed by atoms with Crippen molar-refractivity contribution in [2.75, 3.05) is 26.7 Å². The number of nitrogens with one attached hydrogen (secondary N) is 2. The number of rotatable bonds is 8. The molecule has 26 heavy (non-hydrogen) atoms. The summed E-state index contributed by atoms with van der Waals surface area (Å²) in [5, 5.41) is 8.75. The third-order valence-corrected chi connectivity index (χ3v) is 4.52. The van der Waals surface area contributed by atoms with E-state index in [1.54, 1.807) is 6.20 Å². The molecule has 7 heteroatoms. The van der Waals surface area contributed by atoms with Crippen LogP contribution in [-0.2, 0) is 11.3 Å². The first kappa shape index (κ1) is 18.1. The molecule has 7 nitrogen and oxygen atoms in total. The molecule has 1 amide bonds. The summed E-state index contributed by atoms with van der Waals surface area (Å²) in [6.07, 6.45) is 3.94. The highest BCUT2D eigenvalue weighted by atomic mass is 16.2. The van der Waals surface area contributed by atoms with E-state index in [1.165, 1.54) is 4.68 Å². The van der Waals surface area contributed by atoms with Gasteiger partial charge in [0.05, 0.1) is 6.20 Å². The molecule has 3 rings (SSSR count). The average molecular weight is 355 g/mol. The molecule has 0 spiro atoms. The van der Waals surface area contributed by atoms with Crippen LogP contribution in [0.25, 0.3) is 21.8 Å². The van der Waals surface area contributed by atoms with Crippen LogP contribution in [0.4, 0.5) is 0 Å². The van der Waals surface area contributed by atoms with Gasteiger partial charge in [-0.25, -0.2) is 4.68 Å². The molecule has 138 valence electrons. The fourth-order valence-corrected chi connectivity index (χ4v) is 3.01. The number of H-pyrrole nitrogens is 1. The number of carbonyl (C=O) groups excluding carboxylic acids is 1. The highest BCUT2D eigenvalue weighted by molar-refractivity contribution is 6.06. The number of para-hydroxylation sites is 1. The van der Waals surface area contributed by atoms with Gasteiger partial charge >= 0.3 is 0 Å². The monoisotopic (exact) mass is 355 g/mol. The van der Waals surface area contributed by atoms with Gasteiger partial charge in [-0.2, -0.15) is 5.10 Å². The lowest BCUT2D eigenvalue weighted by atomic mass is 10.2. The number of benzene rings is 1. The van der Waals surface area contributed by atoms with Gasteiger partial charge in [0.1, 0.15) is 12.1 Å². The van der Waals surface area contributed by atoms with Crippen molar-refractivity contribution in [1.82, 2.24) is 25.0 Å². The van der Waals surface area contributed by atoms with E-state index in [-0.39, 0.29) is 18.0 Å². The maximum absolute atomic E-state index is 12.6. The number of unbranched alkanes of at least 4 members (excludes halogenated alkanes) is 1. The first-order valence-electron chi connectivity index (χ1n) is 9.02. The molecule has 0 atom stereocenters. The van der Waals surface area contributed by atoms with Crippen molar-refractivity contribution in [3.63, 3.8) is 0 Å². The molecule has 0 aliphatic rings. The van der Waals surface area contributed by atoms with E-state index >= 15 is 0 Å². The van der Waals surface area contributed by atoms with Gasteiger partial charge in [0.15, 0.2) is 0 Å². The molecule has 0 bridgehead atoms. The molecule has 0 fully saturated rings. The minimum atomic E-state index is -0.283. The maximum atomic E-state index is 12.6. The van der Waals surface area contributed by atoms with Gasteiger partial charge in [-0.15, -0.1) is 0 Å². The second-order valence-electron chi connectivity index (χ2n) is 6.57. The van der Waals surface area contributed by atoms with E-state index in [0.717, 1.165) is 42.2 Å². The number of hydrogen-bond donors (Lipinski definition) is 2. The Hall–Kier alpha value is -2.67. The third kappa shape index (κ3) is 3.94. The van der Waals surface area contributed by atoms with Crippen molar-refractivity contribution in [3.8, 4) is 0 Å². The molecule has 0 saturated heterocycles. The van der Waals surface area contributed by atoms with E-state index in [4.69, 9.17) is 0 Å². The number of likely N-dealkylation sites (N-methyl/N-ethyl adjacent to an activating group) is 1.